The number of hydrogen-bond donors (Lipinski definition) is 1. The van der Waals surface area contributed by atoms with Gasteiger partial charge in [0.25, 0.3) is 0 Å². The molecule has 3 rings (SSSR count). The number of likely N-dealkylation sites (tertiary alicyclic amines) is 1. The molecule has 1 aromatic carbocycles. The van der Waals surface area contributed by atoms with Gasteiger partial charge < -0.3 is 28.8 Å². The normalized spacial score (nSPS) is 22.2. The maximum absolute atomic E-state index is 8.99. The molecular formula is C21H33NO6. The van der Waals surface area contributed by atoms with Gasteiger partial charge in [0.2, 0.25) is 5.75 Å². The van der Waals surface area contributed by atoms with Crippen LogP contribution in [0.2, 0.25) is 0 Å². The third kappa shape index (κ3) is 4.89. The van der Waals surface area contributed by atoms with Crippen LogP contribution in [0.5, 0.6) is 17.2 Å². The van der Waals surface area contributed by atoms with Gasteiger partial charge in [-0.25, -0.2) is 0 Å². The molecule has 0 radical (unpaired) electrons. The minimum Gasteiger partial charge on any atom is -0.493 e. The van der Waals surface area contributed by atoms with Crippen LogP contribution in [0.15, 0.2) is 12.1 Å². The van der Waals surface area contributed by atoms with Gasteiger partial charge in [-0.15, -0.1) is 0 Å². The summed E-state index contributed by atoms with van der Waals surface area (Å²) in [5.74, 6) is 1.99. The second kappa shape index (κ2) is 9.78. The van der Waals surface area contributed by atoms with Crippen LogP contribution in [0.25, 0.3) is 0 Å². The Labute approximate surface area is 167 Å². The van der Waals surface area contributed by atoms with E-state index in [0.717, 1.165) is 57.5 Å². The van der Waals surface area contributed by atoms with Crippen LogP contribution in [-0.2, 0) is 16.0 Å². The van der Waals surface area contributed by atoms with Gasteiger partial charge in [-0.05, 0) is 37.0 Å². The molecule has 0 aromatic heterocycles. The van der Waals surface area contributed by atoms with E-state index in [9.17, 15) is 0 Å². The molecular weight excluding hydrogens is 362 g/mol. The number of ether oxygens (including phenoxy) is 5. The summed E-state index contributed by atoms with van der Waals surface area (Å²) in [6, 6.07) is 4.03. The molecule has 2 aliphatic heterocycles. The molecule has 1 spiro atoms. The Balaban J connectivity index is 1.60. The molecule has 1 atom stereocenters. The minimum atomic E-state index is -0.0792. The van der Waals surface area contributed by atoms with Crippen LogP contribution in [0, 0.1) is 0 Å². The third-order valence-electron chi connectivity index (χ3n) is 5.79. The van der Waals surface area contributed by atoms with Crippen molar-refractivity contribution in [2.75, 3.05) is 54.2 Å². The number of rotatable bonds is 8. The van der Waals surface area contributed by atoms with Crippen LogP contribution < -0.4 is 14.2 Å². The van der Waals surface area contributed by atoms with Gasteiger partial charge in [0.15, 0.2) is 11.5 Å². The van der Waals surface area contributed by atoms with Gasteiger partial charge in [0.1, 0.15) is 0 Å². The number of aliphatic hydroxyl groups excluding tert-OH is 1. The molecule has 1 aromatic rings. The van der Waals surface area contributed by atoms with Gasteiger partial charge in [-0.1, -0.05) is 0 Å². The van der Waals surface area contributed by atoms with Crippen molar-refractivity contribution in [1.82, 2.24) is 4.90 Å². The summed E-state index contributed by atoms with van der Waals surface area (Å²) >= 11 is 0. The van der Waals surface area contributed by atoms with Crippen molar-refractivity contribution in [2.45, 2.75) is 43.9 Å². The fraction of sp³-hybridized carbons (Fsp3) is 0.714. The lowest BCUT2D eigenvalue weighted by atomic mass is 9.83. The Morgan fingerprint density at radius 2 is 1.79 bits per heavy atom. The van der Waals surface area contributed by atoms with Crippen molar-refractivity contribution in [1.29, 1.82) is 0 Å². The fourth-order valence-corrected chi connectivity index (χ4v) is 4.30. The van der Waals surface area contributed by atoms with E-state index in [1.165, 1.54) is 0 Å². The molecule has 0 saturated carbocycles. The first-order valence-electron chi connectivity index (χ1n) is 10.0. The van der Waals surface area contributed by atoms with Crippen LogP contribution >= 0.6 is 0 Å². The summed E-state index contributed by atoms with van der Waals surface area (Å²) in [6.45, 7) is 4.01. The average molecular weight is 395 g/mol. The van der Waals surface area contributed by atoms with E-state index in [0.29, 0.717) is 23.9 Å². The lowest BCUT2D eigenvalue weighted by molar-refractivity contribution is -0.157. The Morgan fingerprint density at radius 3 is 2.36 bits per heavy atom. The summed E-state index contributed by atoms with van der Waals surface area (Å²) in [5, 5.41) is 8.99. The summed E-state index contributed by atoms with van der Waals surface area (Å²) in [6.07, 6.45) is 4.02. The maximum Gasteiger partial charge on any atom is 0.203 e. The molecule has 2 saturated heterocycles. The number of aliphatic hydroxyl groups is 1. The number of methoxy groups -OCH3 is 3. The zero-order chi connectivity index (χ0) is 20.0. The monoisotopic (exact) mass is 395 g/mol. The highest BCUT2D eigenvalue weighted by molar-refractivity contribution is 5.53. The van der Waals surface area contributed by atoms with Crippen LogP contribution in [-0.4, -0.2) is 76.0 Å². The first-order chi connectivity index (χ1) is 13.6. The van der Waals surface area contributed by atoms with Crippen molar-refractivity contribution in [3.8, 4) is 17.2 Å². The zero-order valence-electron chi connectivity index (χ0n) is 17.2. The van der Waals surface area contributed by atoms with Gasteiger partial charge in [-0.3, -0.25) is 4.90 Å². The smallest absolute Gasteiger partial charge is 0.203 e. The Bertz CT molecular complexity index is 604. The molecule has 0 amide bonds. The zero-order valence-corrected chi connectivity index (χ0v) is 17.2. The molecule has 2 heterocycles. The number of benzene rings is 1. The van der Waals surface area contributed by atoms with E-state index in [1.807, 2.05) is 12.1 Å². The van der Waals surface area contributed by atoms with Crippen molar-refractivity contribution in [3.63, 3.8) is 0 Å². The van der Waals surface area contributed by atoms with Gasteiger partial charge >= 0.3 is 0 Å². The molecule has 2 fully saturated rings. The first kappa shape index (κ1) is 21.2. The standard InChI is InChI=1S/C21H33NO6/c1-24-18-12-16(13-19(25-2)20(18)26-3)15-22-7-5-21(6-8-22)14-17(4-10-28-21)27-11-9-23/h12-13,17,23H,4-11,14-15H2,1-3H3. The average Bonchev–Trinajstić information content (AvgIpc) is 2.73. The first-order valence-corrected chi connectivity index (χ1v) is 10.0. The van der Waals surface area contributed by atoms with Crippen LogP contribution in [0.1, 0.15) is 31.2 Å². The molecule has 0 bridgehead atoms. The van der Waals surface area contributed by atoms with E-state index >= 15 is 0 Å². The Morgan fingerprint density at radius 1 is 1.11 bits per heavy atom. The van der Waals surface area contributed by atoms with Gasteiger partial charge in [-0.2, -0.15) is 0 Å². The second-order valence-corrected chi connectivity index (χ2v) is 7.55. The van der Waals surface area contributed by atoms with Crippen LogP contribution in [0.3, 0.4) is 0 Å². The van der Waals surface area contributed by atoms with Gasteiger partial charge in [0, 0.05) is 32.7 Å². The predicted molar refractivity (Wildman–Crippen MR) is 105 cm³/mol. The molecule has 1 N–H and O–H groups in total. The molecule has 7 heteroatoms. The second-order valence-electron chi connectivity index (χ2n) is 7.55. The largest absolute Gasteiger partial charge is 0.493 e. The molecule has 28 heavy (non-hydrogen) atoms. The minimum absolute atomic E-state index is 0.0763. The molecule has 1 unspecified atom stereocenters. The van der Waals surface area contributed by atoms with Crippen molar-refractivity contribution in [2.24, 2.45) is 0 Å². The molecule has 7 nitrogen and oxygen atoms in total. The van der Waals surface area contributed by atoms with Crippen molar-refractivity contribution in [3.05, 3.63) is 17.7 Å². The van der Waals surface area contributed by atoms with Crippen molar-refractivity contribution < 1.29 is 28.8 Å². The summed E-state index contributed by atoms with van der Waals surface area (Å²) < 4.78 is 28.3. The third-order valence-corrected chi connectivity index (χ3v) is 5.79. The van der Waals surface area contributed by atoms with Crippen LogP contribution in [0.4, 0.5) is 0 Å². The van der Waals surface area contributed by atoms with E-state index in [4.69, 9.17) is 28.8 Å². The van der Waals surface area contributed by atoms with E-state index in [2.05, 4.69) is 4.90 Å². The SMILES string of the molecule is COc1cc(CN2CCC3(CC2)CC(OCCO)CCO3)cc(OC)c1OC. The lowest BCUT2D eigenvalue weighted by Crippen LogP contribution is -2.50. The van der Waals surface area contributed by atoms with E-state index in [1.54, 1.807) is 21.3 Å². The predicted octanol–water partition coefficient (Wildman–Crippen LogP) is 2.23. The summed E-state index contributed by atoms with van der Waals surface area (Å²) in [4.78, 5) is 2.44. The van der Waals surface area contributed by atoms with E-state index in [-0.39, 0.29) is 18.3 Å². The lowest BCUT2D eigenvalue weighted by Gasteiger charge is -2.46. The highest BCUT2D eigenvalue weighted by Crippen LogP contribution is 2.40. The number of hydrogen-bond acceptors (Lipinski definition) is 7. The summed E-state index contributed by atoms with van der Waals surface area (Å²) in [7, 11) is 4.90. The molecule has 158 valence electrons. The topological polar surface area (TPSA) is 69.6 Å². The highest BCUT2D eigenvalue weighted by atomic mass is 16.5. The Hall–Kier alpha value is -1.54. The molecule has 0 aliphatic carbocycles. The van der Waals surface area contributed by atoms with Crippen molar-refractivity contribution >= 4 is 0 Å². The summed E-state index contributed by atoms with van der Waals surface area (Å²) in [5.41, 5.74) is 1.06. The number of piperidine rings is 1. The van der Waals surface area contributed by atoms with E-state index < -0.39 is 0 Å². The Kier molecular flexibility index (Phi) is 7.40. The molecule has 2 aliphatic rings. The van der Waals surface area contributed by atoms with Gasteiger partial charge in [0.05, 0.1) is 46.2 Å². The fourth-order valence-electron chi connectivity index (χ4n) is 4.30. The quantitative estimate of drug-likeness (QED) is 0.724. The maximum atomic E-state index is 8.99. The number of nitrogens with zero attached hydrogens (tertiary/aromatic N) is 1. The highest BCUT2D eigenvalue weighted by Gasteiger charge is 2.40.